The van der Waals surface area contributed by atoms with Crippen molar-refractivity contribution in [2.75, 3.05) is 13.7 Å². The summed E-state index contributed by atoms with van der Waals surface area (Å²) in [6.07, 6.45) is 0.957. The van der Waals surface area contributed by atoms with Crippen LogP contribution in [0.1, 0.15) is 23.1 Å². The average Bonchev–Trinajstić information content (AvgIpc) is 2.72. The minimum atomic E-state index is -3.72. The molecule has 0 aliphatic rings. The van der Waals surface area contributed by atoms with Crippen molar-refractivity contribution in [3.05, 3.63) is 69.6 Å². The Morgan fingerprint density at radius 2 is 1.84 bits per heavy atom. The summed E-state index contributed by atoms with van der Waals surface area (Å²) in [5, 5.41) is 8.68. The van der Waals surface area contributed by atoms with Gasteiger partial charge < -0.3 is 14.5 Å². The second-order valence-corrected chi connectivity index (χ2v) is 8.71. The Kier molecular flexibility index (Phi) is 6.77. The van der Waals surface area contributed by atoms with Gasteiger partial charge in [0.25, 0.3) is 0 Å². The van der Waals surface area contributed by atoms with Crippen molar-refractivity contribution in [1.82, 2.24) is 5.32 Å². The number of sulfonamides is 1. The number of ether oxygens (including phenoxy) is 1. The number of carbonyl (C=O) groups excluding carboxylic acids is 1. The summed E-state index contributed by atoms with van der Waals surface area (Å²) in [7, 11) is -2.18. The summed E-state index contributed by atoms with van der Waals surface area (Å²) >= 11 is 0. The maximum atomic E-state index is 12.4. The zero-order valence-electron chi connectivity index (χ0n) is 17.3. The number of hydrogen-bond donors (Lipinski definition) is 2. The van der Waals surface area contributed by atoms with E-state index in [2.05, 4.69) is 5.32 Å². The van der Waals surface area contributed by atoms with Gasteiger partial charge in [-0.05, 0) is 55.2 Å². The van der Waals surface area contributed by atoms with Crippen LogP contribution in [-0.4, -0.2) is 28.0 Å². The molecule has 0 saturated heterocycles. The number of benzene rings is 2. The van der Waals surface area contributed by atoms with Crippen LogP contribution >= 0.6 is 0 Å². The Bertz CT molecular complexity index is 1260. The summed E-state index contributed by atoms with van der Waals surface area (Å²) in [5.41, 5.74) is 2.13. The number of fused-ring (bicyclic) bond motifs is 1. The highest BCUT2D eigenvalue weighted by molar-refractivity contribution is 7.89. The second kappa shape index (κ2) is 9.32. The van der Waals surface area contributed by atoms with Crippen molar-refractivity contribution < 1.29 is 22.4 Å². The summed E-state index contributed by atoms with van der Waals surface area (Å²) in [5.74, 6) is 0.413. The molecule has 1 aromatic heterocycles. The quantitative estimate of drug-likeness (QED) is 0.512. The lowest BCUT2D eigenvalue weighted by Crippen LogP contribution is -2.26. The highest BCUT2D eigenvalue weighted by Gasteiger charge is 2.14. The number of carbonyl (C=O) groups is 1. The van der Waals surface area contributed by atoms with Crippen molar-refractivity contribution in [2.24, 2.45) is 5.14 Å². The van der Waals surface area contributed by atoms with Gasteiger partial charge in [-0.1, -0.05) is 12.1 Å². The first-order valence-corrected chi connectivity index (χ1v) is 11.2. The van der Waals surface area contributed by atoms with Crippen molar-refractivity contribution >= 4 is 26.9 Å². The lowest BCUT2D eigenvalue weighted by atomic mass is 10.0. The summed E-state index contributed by atoms with van der Waals surface area (Å²) in [4.78, 5) is 24.6. The molecule has 3 aromatic rings. The summed E-state index contributed by atoms with van der Waals surface area (Å²) in [6, 6.07) is 11.5. The predicted octanol–water partition coefficient (Wildman–Crippen LogP) is 2.05. The molecule has 0 spiro atoms. The standard InChI is InChI=1S/C22H24N2O6S/c1-14-18-8-5-16(29-2)13-20(18)30-22(26)19(14)9-10-21(25)24-12-11-15-3-6-17(7-4-15)31(23,27)28/h3-8,13H,9-12H2,1-2H3,(H,24,25)(H2,23,27,28). The summed E-state index contributed by atoms with van der Waals surface area (Å²) in [6.45, 7) is 2.23. The van der Waals surface area contributed by atoms with E-state index in [0.717, 1.165) is 16.5 Å². The van der Waals surface area contributed by atoms with Gasteiger partial charge in [0.15, 0.2) is 0 Å². The maximum absolute atomic E-state index is 12.4. The van der Waals surface area contributed by atoms with E-state index in [1.807, 2.05) is 13.0 Å². The molecule has 0 saturated carbocycles. The van der Waals surface area contributed by atoms with Crippen molar-refractivity contribution in [1.29, 1.82) is 0 Å². The van der Waals surface area contributed by atoms with E-state index in [-0.39, 0.29) is 23.6 Å². The molecule has 9 heteroatoms. The fourth-order valence-electron chi connectivity index (χ4n) is 3.31. The van der Waals surface area contributed by atoms with Crippen LogP contribution in [0, 0.1) is 6.92 Å². The van der Waals surface area contributed by atoms with Crippen LogP contribution in [0.5, 0.6) is 5.75 Å². The Morgan fingerprint density at radius 1 is 1.13 bits per heavy atom. The van der Waals surface area contributed by atoms with E-state index in [1.54, 1.807) is 31.4 Å². The number of methoxy groups -OCH3 is 1. The van der Waals surface area contributed by atoms with Gasteiger partial charge in [-0.3, -0.25) is 4.79 Å². The molecule has 3 rings (SSSR count). The fraction of sp³-hybridized carbons (Fsp3) is 0.273. The first kappa shape index (κ1) is 22.5. The first-order chi connectivity index (χ1) is 14.7. The third-order valence-electron chi connectivity index (χ3n) is 5.08. The molecule has 0 fully saturated rings. The van der Waals surface area contributed by atoms with Gasteiger partial charge in [0.05, 0.1) is 12.0 Å². The normalized spacial score (nSPS) is 11.5. The number of nitrogens with two attached hydrogens (primary N) is 1. The number of amides is 1. The smallest absolute Gasteiger partial charge is 0.339 e. The highest BCUT2D eigenvalue weighted by Crippen LogP contribution is 2.24. The van der Waals surface area contributed by atoms with Crippen LogP contribution in [-0.2, 0) is 27.7 Å². The molecule has 3 N–H and O–H groups in total. The monoisotopic (exact) mass is 444 g/mol. The number of rotatable bonds is 8. The number of aryl methyl sites for hydroxylation is 1. The summed E-state index contributed by atoms with van der Waals surface area (Å²) < 4.78 is 33.1. The molecule has 164 valence electrons. The van der Waals surface area contributed by atoms with Crippen LogP contribution in [0.4, 0.5) is 0 Å². The Labute approximate surface area is 180 Å². The van der Waals surface area contributed by atoms with E-state index >= 15 is 0 Å². The Morgan fingerprint density at radius 3 is 2.48 bits per heavy atom. The van der Waals surface area contributed by atoms with E-state index in [0.29, 0.717) is 29.9 Å². The zero-order valence-corrected chi connectivity index (χ0v) is 18.1. The van der Waals surface area contributed by atoms with E-state index < -0.39 is 15.6 Å². The van der Waals surface area contributed by atoms with Crippen LogP contribution in [0.15, 0.2) is 56.6 Å². The number of nitrogens with one attached hydrogen (secondary N) is 1. The van der Waals surface area contributed by atoms with Crippen molar-refractivity contribution in [3.63, 3.8) is 0 Å². The van der Waals surface area contributed by atoms with Gasteiger partial charge >= 0.3 is 5.63 Å². The molecule has 31 heavy (non-hydrogen) atoms. The van der Waals surface area contributed by atoms with Gasteiger partial charge in [-0.25, -0.2) is 18.4 Å². The fourth-order valence-corrected chi connectivity index (χ4v) is 3.82. The van der Waals surface area contributed by atoms with Gasteiger partial charge in [-0.15, -0.1) is 0 Å². The van der Waals surface area contributed by atoms with Crippen molar-refractivity contribution in [2.45, 2.75) is 31.1 Å². The molecule has 0 bridgehead atoms. The molecule has 0 radical (unpaired) electrons. The topological polar surface area (TPSA) is 129 Å². The Balaban J connectivity index is 1.57. The highest BCUT2D eigenvalue weighted by atomic mass is 32.2. The second-order valence-electron chi connectivity index (χ2n) is 7.14. The van der Waals surface area contributed by atoms with Gasteiger partial charge in [0, 0.05) is 30.0 Å². The van der Waals surface area contributed by atoms with Crippen LogP contribution in [0.25, 0.3) is 11.0 Å². The third kappa shape index (κ3) is 5.50. The van der Waals surface area contributed by atoms with Gasteiger partial charge in [-0.2, -0.15) is 0 Å². The van der Waals surface area contributed by atoms with E-state index in [4.69, 9.17) is 14.3 Å². The number of primary sulfonamides is 1. The number of hydrogen-bond acceptors (Lipinski definition) is 6. The molecular weight excluding hydrogens is 420 g/mol. The molecule has 8 nitrogen and oxygen atoms in total. The minimum Gasteiger partial charge on any atom is -0.497 e. The molecule has 0 aliphatic heterocycles. The largest absolute Gasteiger partial charge is 0.497 e. The molecule has 1 heterocycles. The van der Waals surface area contributed by atoms with Crippen LogP contribution in [0.2, 0.25) is 0 Å². The Hall–Kier alpha value is -3.17. The van der Waals surface area contributed by atoms with Crippen LogP contribution in [0.3, 0.4) is 0 Å². The van der Waals surface area contributed by atoms with E-state index in [1.165, 1.54) is 12.1 Å². The van der Waals surface area contributed by atoms with Gasteiger partial charge in [0.2, 0.25) is 15.9 Å². The van der Waals surface area contributed by atoms with Gasteiger partial charge in [0.1, 0.15) is 11.3 Å². The maximum Gasteiger partial charge on any atom is 0.339 e. The zero-order chi connectivity index (χ0) is 22.6. The molecule has 0 unspecified atom stereocenters. The molecular formula is C22H24N2O6S. The van der Waals surface area contributed by atoms with Crippen LogP contribution < -0.4 is 20.8 Å². The predicted molar refractivity (Wildman–Crippen MR) is 117 cm³/mol. The first-order valence-electron chi connectivity index (χ1n) is 9.68. The molecule has 1 amide bonds. The van der Waals surface area contributed by atoms with E-state index in [9.17, 15) is 18.0 Å². The SMILES string of the molecule is COc1ccc2c(C)c(CCC(=O)NCCc3ccc(S(N)(=O)=O)cc3)c(=O)oc2c1. The lowest BCUT2D eigenvalue weighted by Gasteiger charge is -2.09. The van der Waals surface area contributed by atoms with Crippen molar-refractivity contribution in [3.8, 4) is 5.75 Å². The third-order valence-corrected chi connectivity index (χ3v) is 6.01. The molecule has 2 aromatic carbocycles. The lowest BCUT2D eigenvalue weighted by molar-refractivity contribution is -0.121. The molecule has 0 atom stereocenters. The minimum absolute atomic E-state index is 0.0447. The average molecular weight is 445 g/mol. The molecule has 0 aliphatic carbocycles.